The van der Waals surface area contributed by atoms with Crippen LogP contribution in [-0.4, -0.2) is 28.7 Å². The number of anilines is 1. The van der Waals surface area contributed by atoms with Crippen molar-refractivity contribution >= 4 is 5.69 Å². The van der Waals surface area contributed by atoms with E-state index in [9.17, 15) is 0 Å². The van der Waals surface area contributed by atoms with Gasteiger partial charge in [0.25, 0.3) is 0 Å². The van der Waals surface area contributed by atoms with E-state index in [1.165, 1.54) is 88.3 Å². The molecule has 2 aliphatic heterocycles. The van der Waals surface area contributed by atoms with Crippen LogP contribution in [0.1, 0.15) is 89.5 Å². The predicted molar refractivity (Wildman–Crippen MR) is 130 cm³/mol. The lowest BCUT2D eigenvalue weighted by atomic mass is 9.71. The highest BCUT2D eigenvalue weighted by atomic mass is 15.5. The minimum atomic E-state index is 0.330. The Morgan fingerprint density at radius 2 is 1.39 bits per heavy atom. The van der Waals surface area contributed by atoms with Crippen molar-refractivity contribution in [3.8, 4) is 0 Å². The normalized spacial score (nSPS) is 34.4. The van der Waals surface area contributed by atoms with E-state index < -0.39 is 0 Å². The number of benzene rings is 1. The number of para-hydroxylation sites is 1. The summed E-state index contributed by atoms with van der Waals surface area (Å²) in [5.41, 5.74) is 3.28. The summed E-state index contributed by atoms with van der Waals surface area (Å²) >= 11 is 0. The molecule has 1 aromatic rings. The van der Waals surface area contributed by atoms with Crippen LogP contribution in [0.2, 0.25) is 0 Å². The summed E-state index contributed by atoms with van der Waals surface area (Å²) in [5.74, 6) is 2.59. The Hall–Kier alpha value is -1.28. The van der Waals surface area contributed by atoms with Crippen LogP contribution in [0.25, 0.3) is 0 Å². The predicted octanol–water partition coefficient (Wildman–Crippen LogP) is 7.08. The smallest absolute Gasteiger partial charge is 0.0865 e. The van der Waals surface area contributed by atoms with Crippen LogP contribution in [0, 0.1) is 24.7 Å². The number of fused-ring (bicyclic) bond motifs is 1. The van der Waals surface area contributed by atoms with Crippen LogP contribution in [-0.2, 0) is 0 Å². The second kappa shape index (κ2) is 7.94. The molecule has 5 aliphatic rings. The molecule has 31 heavy (non-hydrogen) atoms. The number of rotatable bonds is 4. The standard InChI is InChI=1S/C29H42N2/c1-21-11-3-10-18-26(21)30-22(2)27-19-20-29(24-14-6-7-15-24,25-16-8-9-17-25)31(27)28(30)23-12-4-5-13-23/h3,10-11,18-20,22-25,27-28H,4-9,12-17H2,1-2H3/t22-,27?,28?/m0/s1. The molecule has 0 spiro atoms. The Morgan fingerprint density at radius 1 is 0.806 bits per heavy atom. The van der Waals surface area contributed by atoms with E-state index in [1.807, 2.05) is 0 Å². The lowest BCUT2D eigenvalue weighted by molar-refractivity contribution is -0.00644. The monoisotopic (exact) mass is 418 g/mol. The first-order valence-corrected chi connectivity index (χ1v) is 13.5. The quantitative estimate of drug-likeness (QED) is 0.482. The Labute approximate surface area is 190 Å². The molecule has 2 heteroatoms. The van der Waals surface area contributed by atoms with E-state index in [1.54, 1.807) is 0 Å². The fraction of sp³-hybridized carbons (Fsp3) is 0.724. The van der Waals surface area contributed by atoms with Crippen molar-refractivity contribution in [2.24, 2.45) is 17.8 Å². The molecular formula is C29H42N2. The van der Waals surface area contributed by atoms with Gasteiger partial charge in [0.15, 0.2) is 0 Å². The van der Waals surface area contributed by atoms with Gasteiger partial charge in [-0.2, -0.15) is 0 Å². The highest BCUT2D eigenvalue weighted by Gasteiger charge is 2.62. The van der Waals surface area contributed by atoms with Gasteiger partial charge in [-0.05, 0) is 81.8 Å². The Kier molecular flexibility index (Phi) is 5.21. The maximum absolute atomic E-state index is 3.16. The van der Waals surface area contributed by atoms with E-state index in [2.05, 4.69) is 60.1 Å². The molecule has 6 rings (SSSR count). The Balaban J connectivity index is 1.48. The molecule has 0 aromatic heterocycles. The largest absolute Gasteiger partial charge is 0.351 e. The summed E-state index contributed by atoms with van der Waals surface area (Å²) in [6.07, 6.45) is 23.4. The minimum absolute atomic E-state index is 0.330. The van der Waals surface area contributed by atoms with Crippen molar-refractivity contribution in [3.05, 3.63) is 42.0 Å². The molecule has 0 radical (unpaired) electrons. The van der Waals surface area contributed by atoms with Crippen LogP contribution >= 0.6 is 0 Å². The number of hydrogen-bond acceptors (Lipinski definition) is 2. The first kappa shape index (κ1) is 20.3. The highest BCUT2D eigenvalue weighted by Crippen LogP contribution is 2.57. The highest BCUT2D eigenvalue weighted by molar-refractivity contribution is 5.57. The fourth-order valence-corrected chi connectivity index (χ4v) is 8.76. The number of nitrogens with zero attached hydrogens (tertiary/aromatic N) is 2. The molecule has 1 saturated heterocycles. The van der Waals surface area contributed by atoms with Gasteiger partial charge < -0.3 is 4.90 Å². The molecule has 2 nitrogen and oxygen atoms in total. The van der Waals surface area contributed by atoms with Crippen molar-refractivity contribution in [1.82, 2.24) is 4.90 Å². The third-order valence-corrected chi connectivity index (χ3v) is 10.1. The van der Waals surface area contributed by atoms with Crippen LogP contribution in [0.3, 0.4) is 0 Å². The zero-order valence-corrected chi connectivity index (χ0v) is 19.8. The lowest BCUT2D eigenvalue weighted by Crippen LogP contribution is -2.60. The van der Waals surface area contributed by atoms with Crippen molar-refractivity contribution in [2.45, 2.75) is 115 Å². The zero-order chi connectivity index (χ0) is 21.0. The molecule has 168 valence electrons. The fourth-order valence-electron chi connectivity index (χ4n) is 8.76. The van der Waals surface area contributed by atoms with E-state index in [0.717, 1.165) is 17.8 Å². The van der Waals surface area contributed by atoms with Crippen LogP contribution in [0.4, 0.5) is 5.69 Å². The summed E-state index contributed by atoms with van der Waals surface area (Å²) in [6.45, 7) is 4.86. The van der Waals surface area contributed by atoms with Crippen LogP contribution in [0.5, 0.6) is 0 Å². The molecule has 4 fully saturated rings. The Morgan fingerprint density at radius 3 is 2.00 bits per heavy atom. The Bertz CT molecular complexity index is 794. The molecule has 2 heterocycles. The number of hydrogen-bond donors (Lipinski definition) is 0. The summed E-state index contributed by atoms with van der Waals surface area (Å²) < 4.78 is 0. The van der Waals surface area contributed by atoms with Gasteiger partial charge in [-0.15, -0.1) is 0 Å². The van der Waals surface area contributed by atoms with Gasteiger partial charge in [0, 0.05) is 17.3 Å². The van der Waals surface area contributed by atoms with Gasteiger partial charge in [-0.25, -0.2) is 0 Å². The third-order valence-electron chi connectivity index (χ3n) is 10.1. The molecular weight excluding hydrogens is 376 g/mol. The van der Waals surface area contributed by atoms with Crippen LogP contribution < -0.4 is 4.90 Å². The van der Waals surface area contributed by atoms with Crippen LogP contribution in [0.15, 0.2) is 36.4 Å². The summed E-state index contributed by atoms with van der Waals surface area (Å²) in [4.78, 5) is 6.06. The van der Waals surface area contributed by atoms with Gasteiger partial charge in [-0.1, -0.05) is 68.9 Å². The van der Waals surface area contributed by atoms with E-state index in [0.29, 0.717) is 23.8 Å². The summed E-state index contributed by atoms with van der Waals surface area (Å²) in [5, 5.41) is 0. The molecule has 0 amide bonds. The van der Waals surface area contributed by atoms with E-state index in [-0.39, 0.29) is 0 Å². The second-order valence-electron chi connectivity index (χ2n) is 11.5. The molecule has 3 saturated carbocycles. The minimum Gasteiger partial charge on any atom is -0.351 e. The van der Waals surface area contributed by atoms with E-state index >= 15 is 0 Å². The molecule has 0 bridgehead atoms. The first-order chi connectivity index (χ1) is 15.2. The van der Waals surface area contributed by atoms with Gasteiger partial charge in [0.05, 0.1) is 12.2 Å². The molecule has 3 atom stereocenters. The maximum Gasteiger partial charge on any atom is 0.0865 e. The van der Waals surface area contributed by atoms with Crippen molar-refractivity contribution < 1.29 is 0 Å². The summed E-state index contributed by atoms with van der Waals surface area (Å²) in [6, 6.07) is 10.4. The average Bonchev–Trinajstić information content (AvgIpc) is 3.58. The van der Waals surface area contributed by atoms with Gasteiger partial charge in [0.1, 0.15) is 0 Å². The first-order valence-electron chi connectivity index (χ1n) is 13.5. The number of aryl methyl sites for hydroxylation is 1. The zero-order valence-electron chi connectivity index (χ0n) is 19.8. The third kappa shape index (κ3) is 3.00. The lowest BCUT2D eigenvalue weighted by Gasteiger charge is -2.52. The molecule has 1 aromatic carbocycles. The maximum atomic E-state index is 3.16. The summed E-state index contributed by atoms with van der Waals surface area (Å²) in [7, 11) is 0. The van der Waals surface area contributed by atoms with Crippen molar-refractivity contribution in [1.29, 1.82) is 0 Å². The van der Waals surface area contributed by atoms with E-state index in [4.69, 9.17) is 0 Å². The topological polar surface area (TPSA) is 6.48 Å². The van der Waals surface area contributed by atoms with Gasteiger partial charge in [-0.3, -0.25) is 4.90 Å². The van der Waals surface area contributed by atoms with Crippen molar-refractivity contribution in [2.75, 3.05) is 4.90 Å². The molecule has 0 N–H and O–H groups in total. The molecule has 2 unspecified atom stereocenters. The van der Waals surface area contributed by atoms with Gasteiger partial charge >= 0.3 is 0 Å². The SMILES string of the molecule is Cc1ccccc1N1C(C2CCCC2)N2C(C=CC2(C2CCCC2)C2CCCC2)[C@@H]1C. The average molecular weight is 419 g/mol. The second-order valence-corrected chi connectivity index (χ2v) is 11.5. The molecule has 3 aliphatic carbocycles. The van der Waals surface area contributed by atoms with Gasteiger partial charge in [0.2, 0.25) is 0 Å². The van der Waals surface area contributed by atoms with Crippen molar-refractivity contribution in [3.63, 3.8) is 0 Å².